The minimum Gasteiger partial charge on any atom is -0.496 e. The van der Waals surface area contributed by atoms with Crippen molar-refractivity contribution in [3.63, 3.8) is 0 Å². The Kier molecular flexibility index (Phi) is 5.76. The van der Waals surface area contributed by atoms with Crippen LogP contribution in [0, 0.1) is 0 Å². The smallest absolute Gasteiger partial charge is 0.133 e. The van der Waals surface area contributed by atoms with E-state index in [0.717, 1.165) is 28.1 Å². The van der Waals surface area contributed by atoms with Gasteiger partial charge in [-0.1, -0.05) is 53.5 Å². The first-order valence-electron chi connectivity index (χ1n) is 9.22. The number of amidine groups is 1. The van der Waals surface area contributed by atoms with Crippen molar-refractivity contribution in [2.75, 3.05) is 7.11 Å². The molecule has 6 heteroatoms. The highest BCUT2D eigenvalue weighted by molar-refractivity contribution is 6.30. The van der Waals surface area contributed by atoms with Crippen molar-refractivity contribution in [1.82, 2.24) is 5.32 Å². The number of aliphatic imine (C=N–C) groups is 1. The van der Waals surface area contributed by atoms with Gasteiger partial charge in [-0.05, 0) is 53.1 Å². The molecule has 148 valence electrons. The Morgan fingerprint density at radius 2 is 1.55 bits per heavy atom. The topological polar surface area (TPSA) is 53.9 Å². The van der Waals surface area contributed by atoms with Crippen LogP contribution in [0.25, 0.3) is 0 Å². The molecular weight excluding hydrogens is 407 g/mol. The van der Waals surface area contributed by atoms with Crippen molar-refractivity contribution in [3.05, 3.63) is 99.0 Å². The van der Waals surface area contributed by atoms with Crippen LogP contribution in [0.2, 0.25) is 10.0 Å². The molecule has 3 aromatic rings. The number of benzene rings is 3. The van der Waals surface area contributed by atoms with Gasteiger partial charge in [0.05, 0.1) is 25.3 Å². The van der Waals surface area contributed by atoms with Crippen molar-refractivity contribution in [2.24, 2.45) is 4.99 Å². The fourth-order valence-corrected chi connectivity index (χ4v) is 3.78. The highest BCUT2D eigenvalue weighted by Crippen LogP contribution is 2.39. The van der Waals surface area contributed by atoms with Gasteiger partial charge in [-0.2, -0.15) is 0 Å². The zero-order chi connectivity index (χ0) is 20.4. The lowest BCUT2D eigenvalue weighted by molar-refractivity contribution is 0.281. The summed E-state index contributed by atoms with van der Waals surface area (Å²) in [5, 5.41) is 14.5. The van der Waals surface area contributed by atoms with Gasteiger partial charge >= 0.3 is 0 Å². The maximum absolute atomic E-state index is 9.55. The van der Waals surface area contributed by atoms with E-state index in [0.29, 0.717) is 15.8 Å². The summed E-state index contributed by atoms with van der Waals surface area (Å²) < 4.78 is 5.53. The lowest BCUT2D eigenvalue weighted by atomic mass is 9.95. The molecule has 2 atom stereocenters. The summed E-state index contributed by atoms with van der Waals surface area (Å²) in [7, 11) is 1.63. The van der Waals surface area contributed by atoms with Gasteiger partial charge in [-0.25, -0.2) is 0 Å². The number of hydrogen-bond donors (Lipinski definition) is 2. The fraction of sp³-hybridized carbons (Fsp3) is 0.174. The standard InChI is InChI=1S/C23H20Cl2N2O2/c1-29-20-11-2-14(13-28)12-19(20)23-26-21(15-3-7-17(24)8-4-15)22(27-23)16-5-9-18(25)10-6-16/h2-12,21-22,28H,13H2,1H3,(H,26,27)/t21-,22+. The van der Waals surface area contributed by atoms with Gasteiger partial charge in [0.2, 0.25) is 0 Å². The normalized spacial score (nSPS) is 18.3. The van der Waals surface area contributed by atoms with E-state index in [4.69, 9.17) is 32.9 Å². The zero-order valence-electron chi connectivity index (χ0n) is 15.8. The summed E-state index contributed by atoms with van der Waals surface area (Å²) in [6.45, 7) is -0.0501. The molecule has 0 spiro atoms. The van der Waals surface area contributed by atoms with Crippen molar-refractivity contribution < 1.29 is 9.84 Å². The van der Waals surface area contributed by atoms with E-state index in [1.165, 1.54) is 0 Å². The van der Waals surface area contributed by atoms with Crippen LogP contribution in [0.4, 0.5) is 0 Å². The zero-order valence-corrected chi connectivity index (χ0v) is 17.3. The molecule has 0 fully saturated rings. The van der Waals surface area contributed by atoms with E-state index < -0.39 is 0 Å². The SMILES string of the molecule is COc1ccc(CO)cc1C1=N[C@H](c2ccc(Cl)cc2)[C@H](c2ccc(Cl)cc2)N1. The molecule has 0 saturated heterocycles. The number of hydrogen-bond acceptors (Lipinski definition) is 4. The molecule has 0 aliphatic carbocycles. The van der Waals surface area contributed by atoms with E-state index in [1.54, 1.807) is 7.11 Å². The third kappa shape index (κ3) is 4.10. The lowest BCUT2D eigenvalue weighted by Crippen LogP contribution is -2.25. The molecule has 3 aromatic carbocycles. The molecule has 0 bridgehead atoms. The molecule has 4 rings (SSSR count). The van der Waals surface area contributed by atoms with Gasteiger partial charge in [0.1, 0.15) is 17.6 Å². The Morgan fingerprint density at radius 3 is 2.14 bits per heavy atom. The highest BCUT2D eigenvalue weighted by atomic mass is 35.5. The number of methoxy groups -OCH3 is 1. The molecule has 29 heavy (non-hydrogen) atoms. The second kappa shape index (κ2) is 8.46. The average Bonchev–Trinajstić information content (AvgIpc) is 3.19. The molecule has 1 aliphatic rings. The number of rotatable bonds is 5. The minimum atomic E-state index is -0.147. The van der Waals surface area contributed by atoms with Gasteiger partial charge < -0.3 is 15.2 Å². The lowest BCUT2D eigenvalue weighted by Gasteiger charge is -2.20. The summed E-state index contributed by atoms with van der Waals surface area (Å²) in [4.78, 5) is 4.99. The van der Waals surface area contributed by atoms with Crippen LogP contribution in [0.15, 0.2) is 71.7 Å². The molecular formula is C23H20Cl2N2O2. The molecule has 0 saturated carbocycles. The van der Waals surface area contributed by atoms with E-state index in [9.17, 15) is 5.11 Å². The van der Waals surface area contributed by atoms with Gasteiger partial charge in [0.25, 0.3) is 0 Å². The summed E-state index contributed by atoms with van der Waals surface area (Å²) >= 11 is 12.2. The Balaban J connectivity index is 1.79. The number of nitrogens with zero attached hydrogens (tertiary/aromatic N) is 1. The van der Waals surface area contributed by atoms with Crippen molar-refractivity contribution in [2.45, 2.75) is 18.7 Å². The number of aliphatic hydroxyl groups excluding tert-OH is 1. The molecule has 1 aliphatic heterocycles. The molecule has 1 heterocycles. The van der Waals surface area contributed by atoms with Crippen LogP contribution in [-0.4, -0.2) is 18.1 Å². The molecule has 0 amide bonds. The van der Waals surface area contributed by atoms with Crippen LogP contribution in [0.5, 0.6) is 5.75 Å². The number of halogens is 2. The first-order valence-corrected chi connectivity index (χ1v) is 9.98. The third-order valence-electron chi connectivity index (χ3n) is 5.02. The fourth-order valence-electron chi connectivity index (χ4n) is 3.53. The van der Waals surface area contributed by atoms with Gasteiger partial charge in [-0.3, -0.25) is 4.99 Å². The second-order valence-corrected chi connectivity index (χ2v) is 7.71. The van der Waals surface area contributed by atoms with E-state index in [2.05, 4.69) is 5.32 Å². The Labute approximate surface area is 179 Å². The summed E-state index contributed by atoms with van der Waals surface area (Å²) in [6, 6.07) is 20.8. The van der Waals surface area contributed by atoms with Gasteiger partial charge in [-0.15, -0.1) is 0 Å². The minimum absolute atomic E-state index is 0.0501. The number of ether oxygens (including phenoxy) is 1. The Morgan fingerprint density at radius 1 is 0.931 bits per heavy atom. The molecule has 0 aromatic heterocycles. The van der Waals surface area contributed by atoms with Crippen LogP contribution >= 0.6 is 23.2 Å². The average molecular weight is 427 g/mol. The maximum atomic E-state index is 9.55. The summed E-state index contributed by atoms with van der Waals surface area (Å²) in [6.07, 6.45) is 0. The summed E-state index contributed by atoms with van der Waals surface area (Å²) in [5.74, 6) is 1.41. The van der Waals surface area contributed by atoms with Gasteiger partial charge in [0, 0.05) is 10.0 Å². The predicted octanol–water partition coefficient (Wildman–Crippen LogP) is 5.33. The van der Waals surface area contributed by atoms with Crippen molar-refractivity contribution >= 4 is 29.0 Å². The van der Waals surface area contributed by atoms with Crippen LogP contribution < -0.4 is 10.1 Å². The first-order chi connectivity index (χ1) is 14.1. The quantitative estimate of drug-likeness (QED) is 0.579. The third-order valence-corrected chi connectivity index (χ3v) is 5.52. The van der Waals surface area contributed by atoms with Crippen molar-refractivity contribution in [3.8, 4) is 5.75 Å². The number of aliphatic hydroxyl groups is 1. The van der Waals surface area contributed by atoms with Crippen LogP contribution in [0.1, 0.15) is 34.3 Å². The van der Waals surface area contributed by atoms with Crippen molar-refractivity contribution in [1.29, 1.82) is 0 Å². The largest absolute Gasteiger partial charge is 0.496 e. The maximum Gasteiger partial charge on any atom is 0.133 e. The van der Waals surface area contributed by atoms with Gasteiger partial charge in [0.15, 0.2) is 0 Å². The Hall–Kier alpha value is -2.53. The molecule has 2 N–H and O–H groups in total. The predicted molar refractivity (Wildman–Crippen MR) is 117 cm³/mol. The molecule has 0 radical (unpaired) electrons. The monoisotopic (exact) mass is 426 g/mol. The second-order valence-electron chi connectivity index (χ2n) is 6.84. The molecule has 4 nitrogen and oxygen atoms in total. The van der Waals surface area contributed by atoms with E-state index in [1.807, 2.05) is 66.7 Å². The Bertz CT molecular complexity index is 1030. The van der Waals surface area contributed by atoms with Crippen LogP contribution in [0.3, 0.4) is 0 Å². The van der Waals surface area contributed by atoms with Crippen LogP contribution in [-0.2, 0) is 6.61 Å². The highest BCUT2D eigenvalue weighted by Gasteiger charge is 2.32. The van der Waals surface area contributed by atoms with E-state index in [-0.39, 0.29) is 18.7 Å². The first kappa shape index (κ1) is 19.8. The number of nitrogens with one attached hydrogen (secondary N) is 1. The van der Waals surface area contributed by atoms with E-state index >= 15 is 0 Å². The molecule has 0 unspecified atom stereocenters. The summed E-state index contributed by atoms with van der Waals surface area (Å²) in [5.41, 5.74) is 3.73.